The van der Waals surface area contributed by atoms with Crippen LogP contribution in [0.3, 0.4) is 0 Å². The lowest BCUT2D eigenvalue weighted by Crippen LogP contribution is -3.15. The maximum Gasteiger partial charge on any atom is 0.322 e. The van der Waals surface area contributed by atoms with Gasteiger partial charge in [-0.2, -0.15) is 0 Å². The minimum absolute atomic E-state index is 0.0128. The summed E-state index contributed by atoms with van der Waals surface area (Å²) in [5.74, 6) is 0. The Bertz CT molecular complexity index is 836. The second kappa shape index (κ2) is 8.72. The van der Waals surface area contributed by atoms with Crippen molar-refractivity contribution in [1.82, 2.24) is 4.90 Å². The van der Waals surface area contributed by atoms with Crippen LogP contribution in [0.15, 0.2) is 91.0 Å². The van der Waals surface area contributed by atoms with E-state index in [-0.39, 0.29) is 6.03 Å². The zero-order chi connectivity index (χ0) is 19.2. The number of amides is 2. The van der Waals surface area contributed by atoms with Gasteiger partial charge in [0.2, 0.25) is 0 Å². The first-order chi connectivity index (χ1) is 13.8. The molecule has 0 spiro atoms. The molecular weight excluding hydrogens is 346 g/mol. The third-order valence-corrected chi connectivity index (χ3v) is 5.39. The lowest BCUT2D eigenvalue weighted by atomic mass is 9.96. The summed E-state index contributed by atoms with van der Waals surface area (Å²) in [7, 11) is 0. The molecule has 3 aromatic rings. The highest BCUT2D eigenvalue weighted by atomic mass is 16.2. The van der Waals surface area contributed by atoms with E-state index in [2.05, 4.69) is 66.0 Å². The SMILES string of the molecule is O=C(Nc1ccccc1)N1CC[NH+](C(c2ccccc2)c2ccccc2)CC1. The molecule has 0 aromatic heterocycles. The molecule has 0 atom stereocenters. The Morgan fingerprint density at radius 2 is 1.21 bits per heavy atom. The van der Waals surface area contributed by atoms with E-state index in [0.717, 1.165) is 31.9 Å². The molecule has 142 valence electrons. The standard InChI is InChI=1S/C24H25N3O/c28-24(25-22-14-8-3-9-15-22)27-18-16-26(17-19-27)23(20-10-4-1-5-11-20)21-12-6-2-7-13-21/h1-15,23H,16-19H2,(H,25,28)/p+1. The number of hydrogen-bond acceptors (Lipinski definition) is 1. The summed E-state index contributed by atoms with van der Waals surface area (Å²) in [6, 6.07) is 31.3. The monoisotopic (exact) mass is 372 g/mol. The molecule has 1 heterocycles. The van der Waals surface area contributed by atoms with E-state index < -0.39 is 0 Å². The number of piperazine rings is 1. The van der Waals surface area contributed by atoms with E-state index in [1.807, 2.05) is 35.2 Å². The molecule has 28 heavy (non-hydrogen) atoms. The van der Waals surface area contributed by atoms with Crippen molar-refractivity contribution in [2.45, 2.75) is 6.04 Å². The number of rotatable bonds is 4. The fourth-order valence-corrected chi connectivity index (χ4v) is 3.96. The van der Waals surface area contributed by atoms with Gasteiger partial charge in [0.05, 0.1) is 26.2 Å². The van der Waals surface area contributed by atoms with Crippen LogP contribution >= 0.6 is 0 Å². The topological polar surface area (TPSA) is 36.8 Å². The van der Waals surface area contributed by atoms with Crippen molar-refractivity contribution in [3.05, 3.63) is 102 Å². The number of hydrogen-bond donors (Lipinski definition) is 2. The molecule has 0 radical (unpaired) electrons. The molecule has 1 aliphatic rings. The molecule has 0 unspecified atom stereocenters. The van der Waals surface area contributed by atoms with Gasteiger partial charge >= 0.3 is 6.03 Å². The van der Waals surface area contributed by atoms with E-state index in [4.69, 9.17) is 0 Å². The first-order valence-electron chi connectivity index (χ1n) is 9.87. The van der Waals surface area contributed by atoms with Crippen LogP contribution in [0.2, 0.25) is 0 Å². The van der Waals surface area contributed by atoms with Crippen molar-refractivity contribution in [3.63, 3.8) is 0 Å². The second-order valence-corrected chi connectivity index (χ2v) is 7.20. The van der Waals surface area contributed by atoms with Crippen molar-refractivity contribution in [3.8, 4) is 0 Å². The van der Waals surface area contributed by atoms with Gasteiger partial charge in [0.1, 0.15) is 6.04 Å². The number of anilines is 1. The van der Waals surface area contributed by atoms with Crippen LogP contribution in [0, 0.1) is 0 Å². The Labute approximate surface area is 166 Å². The van der Waals surface area contributed by atoms with Gasteiger partial charge in [0.15, 0.2) is 0 Å². The minimum atomic E-state index is -0.0128. The highest BCUT2D eigenvalue weighted by Gasteiger charge is 2.31. The van der Waals surface area contributed by atoms with Gasteiger partial charge in [-0.1, -0.05) is 78.9 Å². The Balaban J connectivity index is 1.45. The average molecular weight is 372 g/mol. The Hall–Kier alpha value is -3.11. The van der Waals surface area contributed by atoms with Crippen LogP contribution in [-0.2, 0) is 0 Å². The molecule has 4 nitrogen and oxygen atoms in total. The number of carbonyl (C=O) groups is 1. The molecule has 0 saturated carbocycles. The summed E-state index contributed by atoms with van der Waals surface area (Å²) in [6.45, 7) is 3.36. The molecule has 0 aliphatic carbocycles. The van der Waals surface area contributed by atoms with E-state index in [1.54, 1.807) is 0 Å². The Morgan fingerprint density at radius 1 is 0.750 bits per heavy atom. The van der Waals surface area contributed by atoms with Crippen molar-refractivity contribution < 1.29 is 9.69 Å². The number of quaternary nitrogens is 1. The predicted octanol–water partition coefficient (Wildman–Crippen LogP) is 3.21. The number of para-hydroxylation sites is 1. The molecule has 1 saturated heterocycles. The molecular formula is C24H26N3O+. The molecule has 1 aliphatic heterocycles. The van der Waals surface area contributed by atoms with Gasteiger partial charge in [0, 0.05) is 16.8 Å². The predicted molar refractivity (Wildman–Crippen MR) is 112 cm³/mol. The van der Waals surface area contributed by atoms with Crippen LogP contribution in [0.4, 0.5) is 10.5 Å². The quantitative estimate of drug-likeness (QED) is 0.725. The zero-order valence-corrected chi connectivity index (χ0v) is 15.9. The fourth-order valence-electron chi connectivity index (χ4n) is 3.96. The third kappa shape index (κ3) is 4.24. The van der Waals surface area contributed by atoms with E-state index in [1.165, 1.54) is 16.0 Å². The van der Waals surface area contributed by atoms with Gasteiger partial charge in [-0.25, -0.2) is 4.79 Å². The number of carbonyl (C=O) groups excluding carboxylic acids is 1. The lowest BCUT2D eigenvalue weighted by molar-refractivity contribution is -0.929. The molecule has 2 N–H and O–H groups in total. The summed E-state index contributed by atoms with van der Waals surface area (Å²) in [6.07, 6.45) is 0. The van der Waals surface area contributed by atoms with Gasteiger partial charge in [-0.3, -0.25) is 0 Å². The van der Waals surface area contributed by atoms with Crippen LogP contribution in [0.25, 0.3) is 0 Å². The molecule has 2 amide bonds. The number of urea groups is 1. The van der Waals surface area contributed by atoms with Gasteiger partial charge in [-0.05, 0) is 12.1 Å². The van der Waals surface area contributed by atoms with Crippen LogP contribution in [0.5, 0.6) is 0 Å². The second-order valence-electron chi connectivity index (χ2n) is 7.20. The first-order valence-corrected chi connectivity index (χ1v) is 9.87. The molecule has 3 aromatic carbocycles. The highest BCUT2D eigenvalue weighted by molar-refractivity contribution is 5.89. The van der Waals surface area contributed by atoms with Gasteiger partial charge in [0.25, 0.3) is 0 Å². The number of benzene rings is 3. The smallest absolute Gasteiger partial charge is 0.322 e. The van der Waals surface area contributed by atoms with Gasteiger partial charge in [-0.15, -0.1) is 0 Å². The summed E-state index contributed by atoms with van der Waals surface area (Å²) in [5.41, 5.74) is 3.49. The Kier molecular flexibility index (Phi) is 5.69. The summed E-state index contributed by atoms with van der Waals surface area (Å²) < 4.78 is 0. The lowest BCUT2D eigenvalue weighted by Gasteiger charge is -2.37. The maximum absolute atomic E-state index is 12.6. The van der Waals surface area contributed by atoms with E-state index in [0.29, 0.717) is 6.04 Å². The number of nitrogens with zero attached hydrogens (tertiary/aromatic N) is 1. The molecule has 0 bridgehead atoms. The van der Waals surface area contributed by atoms with Gasteiger partial charge < -0.3 is 15.1 Å². The van der Waals surface area contributed by atoms with Crippen molar-refractivity contribution in [1.29, 1.82) is 0 Å². The zero-order valence-electron chi connectivity index (χ0n) is 15.9. The molecule has 4 heteroatoms. The van der Waals surface area contributed by atoms with E-state index >= 15 is 0 Å². The minimum Gasteiger partial charge on any atom is -0.322 e. The van der Waals surface area contributed by atoms with Crippen LogP contribution < -0.4 is 10.2 Å². The molecule has 1 fully saturated rings. The first kappa shape index (κ1) is 18.3. The van der Waals surface area contributed by atoms with Crippen molar-refractivity contribution in [2.24, 2.45) is 0 Å². The number of nitrogens with one attached hydrogen (secondary N) is 2. The van der Waals surface area contributed by atoms with Crippen LogP contribution in [0.1, 0.15) is 17.2 Å². The summed E-state index contributed by atoms with van der Waals surface area (Å²) >= 11 is 0. The fraction of sp³-hybridized carbons (Fsp3) is 0.208. The van der Waals surface area contributed by atoms with Crippen LogP contribution in [-0.4, -0.2) is 37.1 Å². The molecule has 4 rings (SSSR count). The average Bonchev–Trinajstić information content (AvgIpc) is 2.77. The largest absolute Gasteiger partial charge is 0.322 e. The van der Waals surface area contributed by atoms with Crippen molar-refractivity contribution >= 4 is 11.7 Å². The highest BCUT2D eigenvalue weighted by Crippen LogP contribution is 2.19. The van der Waals surface area contributed by atoms with Crippen molar-refractivity contribution in [2.75, 3.05) is 31.5 Å². The third-order valence-electron chi connectivity index (χ3n) is 5.39. The normalized spacial score (nSPS) is 14.8. The van der Waals surface area contributed by atoms with E-state index in [9.17, 15) is 4.79 Å². The maximum atomic E-state index is 12.6. The summed E-state index contributed by atoms with van der Waals surface area (Å²) in [5, 5.41) is 3.00. The Morgan fingerprint density at radius 3 is 1.71 bits per heavy atom. The summed E-state index contributed by atoms with van der Waals surface area (Å²) in [4.78, 5) is 16.0.